The van der Waals surface area contributed by atoms with E-state index >= 15 is 0 Å². The molecule has 82 valence electrons. The van der Waals surface area contributed by atoms with Gasteiger partial charge in [-0.25, -0.2) is 8.78 Å². The van der Waals surface area contributed by atoms with Gasteiger partial charge in [-0.15, -0.1) is 0 Å². The van der Waals surface area contributed by atoms with E-state index in [1.54, 1.807) is 0 Å². The van der Waals surface area contributed by atoms with E-state index in [0.717, 1.165) is 12.5 Å². The van der Waals surface area contributed by atoms with Crippen molar-refractivity contribution in [2.24, 2.45) is 5.92 Å². The molecule has 0 aliphatic heterocycles. The van der Waals surface area contributed by atoms with Crippen LogP contribution < -0.4 is 0 Å². The standard InChI is InChI=1S/C12H14F2O/c13-10-3-9(4-11(14)7-10)6-12(15)5-8-1-2-8/h3-4,7-8,12,15H,1-2,5-6H2. The summed E-state index contributed by atoms with van der Waals surface area (Å²) in [5.41, 5.74) is 0.528. The van der Waals surface area contributed by atoms with Crippen LogP contribution in [0, 0.1) is 17.6 Å². The summed E-state index contributed by atoms with van der Waals surface area (Å²) in [6.45, 7) is 0. The fourth-order valence-corrected chi connectivity index (χ4v) is 1.82. The molecule has 1 aromatic carbocycles. The molecule has 1 saturated carbocycles. The van der Waals surface area contributed by atoms with Crippen LogP contribution >= 0.6 is 0 Å². The van der Waals surface area contributed by atoms with Crippen LogP contribution in [0.15, 0.2) is 18.2 Å². The van der Waals surface area contributed by atoms with Crippen LogP contribution in [0.4, 0.5) is 8.78 Å². The normalized spacial score (nSPS) is 17.8. The Kier molecular flexibility index (Phi) is 3.00. The van der Waals surface area contributed by atoms with Crippen molar-refractivity contribution >= 4 is 0 Å². The second-order valence-corrected chi connectivity index (χ2v) is 4.31. The molecule has 1 unspecified atom stereocenters. The van der Waals surface area contributed by atoms with Gasteiger partial charge in [0.2, 0.25) is 0 Å². The Hall–Kier alpha value is -0.960. The first-order valence-electron chi connectivity index (χ1n) is 5.26. The zero-order chi connectivity index (χ0) is 10.8. The van der Waals surface area contributed by atoms with Crippen molar-refractivity contribution in [3.8, 4) is 0 Å². The summed E-state index contributed by atoms with van der Waals surface area (Å²) in [6.07, 6.45) is 2.96. The molecule has 1 nitrogen and oxygen atoms in total. The fourth-order valence-electron chi connectivity index (χ4n) is 1.82. The van der Waals surface area contributed by atoms with E-state index in [1.165, 1.54) is 25.0 Å². The predicted molar refractivity (Wildman–Crippen MR) is 53.4 cm³/mol. The summed E-state index contributed by atoms with van der Waals surface area (Å²) in [6, 6.07) is 3.40. The first kappa shape index (κ1) is 10.6. The zero-order valence-electron chi connectivity index (χ0n) is 8.42. The monoisotopic (exact) mass is 212 g/mol. The van der Waals surface area contributed by atoms with E-state index in [0.29, 0.717) is 17.9 Å². The lowest BCUT2D eigenvalue weighted by Crippen LogP contribution is -2.11. The molecule has 1 atom stereocenters. The highest BCUT2D eigenvalue weighted by atomic mass is 19.1. The smallest absolute Gasteiger partial charge is 0.126 e. The second kappa shape index (κ2) is 4.27. The molecule has 0 radical (unpaired) electrons. The first-order chi connectivity index (χ1) is 7.13. The third-order valence-electron chi connectivity index (χ3n) is 2.70. The molecule has 0 spiro atoms. The quantitative estimate of drug-likeness (QED) is 0.813. The number of hydrogen-bond acceptors (Lipinski definition) is 1. The summed E-state index contributed by atoms with van der Waals surface area (Å²) in [5.74, 6) is -0.536. The lowest BCUT2D eigenvalue weighted by atomic mass is 10.0. The van der Waals surface area contributed by atoms with Gasteiger partial charge in [0.25, 0.3) is 0 Å². The number of aliphatic hydroxyl groups is 1. The number of aliphatic hydroxyl groups excluding tert-OH is 1. The zero-order valence-corrected chi connectivity index (χ0v) is 8.42. The summed E-state index contributed by atoms with van der Waals surface area (Å²) >= 11 is 0. The first-order valence-corrected chi connectivity index (χ1v) is 5.26. The number of rotatable bonds is 4. The topological polar surface area (TPSA) is 20.2 Å². The molecule has 0 aromatic heterocycles. The summed E-state index contributed by atoms with van der Waals surface area (Å²) in [7, 11) is 0. The van der Waals surface area contributed by atoms with Crippen LogP contribution in [0.3, 0.4) is 0 Å². The van der Waals surface area contributed by atoms with Gasteiger partial charge in [0.15, 0.2) is 0 Å². The number of halogens is 2. The SMILES string of the molecule is OC(Cc1cc(F)cc(F)c1)CC1CC1. The molecule has 0 heterocycles. The Balaban J connectivity index is 1.96. The van der Waals surface area contributed by atoms with Gasteiger partial charge in [-0.2, -0.15) is 0 Å². The van der Waals surface area contributed by atoms with Crippen LogP contribution in [-0.2, 0) is 6.42 Å². The fraction of sp³-hybridized carbons (Fsp3) is 0.500. The van der Waals surface area contributed by atoms with Gasteiger partial charge in [0.05, 0.1) is 6.10 Å². The van der Waals surface area contributed by atoms with Crippen LogP contribution in [0.25, 0.3) is 0 Å². The highest BCUT2D eigenvalue weighted by Gasteiger charge is 2.24. The maximum atomic E-state index is 12.8. The minimum atomic E-state index is -0.580. The molecule has 1 aromatic rings. The average Bonchev–Trinajstić information content (AvgIpc) is 2.85. The Morgan fingerprint density at radius 2 is 1.80 bits per heavy atom. The van der Waals surface area contributed by atoms with Crippen LogP contribution in [-0.4, -0.2) is 11.2 Å². The van der Waals surface area contributed by atoms with Crippen molar-refractivity contribution in [2.45, 2.75) is 31.8 Å². The van der Waals surface area contributed by atoms with Crippen molar-refractivity contribution in [3.63, 3.8) is 0 Å². The summed E-state index contributed by atoms with van der Waals surface area (Å²) in [4.78, 5) is 0. The average molecular weight is 212 g/mol. The van der Waals surface area contributed by atoms with E-state index in [1.807, 2.05) is 0 Å². The highest BCUT2D eigenvalue weighted by molar-refractivity contribution is 5.18. The van der Waals surface area contributed by atoms with Crippen molar-refractivity contribution in [1.82, 2.24) is 0 Å². The van der Waals surface area contributed by atoms with E-state index < -0.39 is 17.7 Å². The second-order valence-electron chi connectivity index (χ2n) is 4.31. The van der Waals surface area contributed by atoms with E-state index in [-0.39, 0.29) is 0 Å². The molecule has 0 saturated heterocycles. The van der Waals surface area contributed by atoms with E-state index in [4.69, 9.17) is 0 Å². The largest absolute Gasteiger partial charge is 0.393 e. The van der Waals surface area contributed by atoms with Crippen LogP contribution in [0.1, 0.15) is 24.8 Å². The molecule has 0 amide bonds. The minimum absolute atomic E-state index is 0.338. The third kappa shape index (κ3) is 3.27. The maximum Gasteiger partial charge on any atom is 0.126 e. The van der Waals surface area contributed by atoms with Crippen molar-refractivity contribution in [3.05, 3.63) is 35.4 Å². The van der Waals surface area contributed by atoms with Crippen LogP contribution in [0.5, 0.6) is 0 Å². The summed E-state index contributed by atoms with van der Waals surface area (Å²) < 4.78 is 25.7. The molecule has 1 N–H and O–H groups in total. The number of hydrogen-bond donors (Lipinski definition) is 1. The molecule has 1 fully saturated rings. The van der Waals surface area contributed by atoms with Crippen molar-refractivity contribution in [1.29, 1.82) is 0 Å². The molecular formula is C12H14F2O. The Morgan fingerprint density at radius 3 is 2.33 bits per heavy atom. The van der Waals surface area contributed by atoms with Crippen molar-refractivity contribution in [2.75, 3.05) is 0 Å². The molecule has 0 bridgehead atoms. The van der Waals surface area contributed by atoms with Gasteiger partial charge >= 0.3 is 0 Å². The number of benzene rings is 1. The van der Waals surface area contributed by atoms with Crippen molar-refractivity contribution < 1.29 is 13.9 Å². The van der Waals surface area contributed by atoms with Gasteiger partial charge in [-0.05, 0) is 36.5 Å². The van der Waals surface area contributed by atoms with E-state index in [2.05, 4.69) is 0 Å². The van der Waals surface area contributed by atoms with Crippen LogP contribution in [0.2, 0.25) is 0 Å². The molecule has 1 aliphatic rings. The Bertz CT molecular complexity index is 327. The highest BCUT2D eigenvalue weighted by Crippen LogP contribution is 2.34. The molecule has 15 heavy (non-hydrogen) atoms. The van der Waals surface area contributed by atoms with Gasteiger partial charge in [-0.1, -0.05) is 12.8 Å². The van der Waals surface area contributed by atoms with E-state index in [9.17, 15) is 13.9 Å². The lowest BCUT2D eigenvalue weighted by molar-refractivity contribution is 0.158. The molecule has 3 heteroatoms. The lowest BCUT2D eigenvalue weighted by Gasteiger charge is -2.09. The van der Waals surface area contributed by atoms with Gasteiger partial charge < -0.3 is 5.11 Å². The predicted octanol–water partition coefficient (Wildman–Crippen LogP) is 2.67. The van der Waals surface area contributed by atoms with Gasteiger partial charge in [-0.3, -0.25) is 0 Å². The van der Waals surface area contributed by atoms with Gasteiger partial charge in [0.1, 0.15) is 11.6 Å². The molecular weight excluding hydrogens is 198 g/mol. The minimum Gasteiger partial charge on any atom is -0.393 e. The molecule has 2 rings (SSSR count). The Labute approximate surface area is 87.7 Å². The maximum absolute atomic E-state index is 12.8. The summed E-state index contributed by atoms with van der Waals surface area (Å²) in [5, 5.41) is 9.65. The third-order valence-corrected chi connectivity index (χ3v) is 2.70. The van der Waals surface area contributed by atoms with Gasteiger partial charge in [0, 0.05) is 6.07 Å². The Morgan fingerprint density at radius 1 is 1.20 bits per heavy atom. The molecule has 1 aliphatic carbocycles.